The number of anilines is 1. The number of halogens is 1. The molecule has 0 bridgehead atoms. The molecule has 0 atom stereocenters. The van der Waals surface area contributed by atoms with Crippen LogP contribution in [0.1, 0.15) is 5.56 Å². The highest BCUT2D eigenvalue weighted by Gasteiger charge is 2.21. The molecule has 0 aliphatic rings. The SMILES string of the molecule is COc1cc2nccc(Oc3ccc(N(C(=O)Cc4ccccc4)C(N)=S)cc3F)c2cc1OC. The van der Waals surface area contributed by atoms with E-state index in [0.29, 0.717) is 28.2 Å². The first kappa shape index (κ1) is 23.9. The van der Waals surface area contributed by atoms with Crippen LogP contribution >= 0.6 is 12.2 Å². The first-order valence-corrected chi connectivity index (χ1v) is 11.0. The Kier molecular flexibility index (Phi) is 7.07. The van der Waals surface area contributed by atoms with E-state index < -0.39 is 5.82 Å². The molecule has 0 radical (unpaired) electrons. The van der Waals surface area contributed by atoms with E-state index in [1.165, 1.54) is 26.4 Å². The van der Waals surface area contributed by atoms with Crippen molar-refractivity contribution in [2.75, 3.05) is 19.1 Å². The molecule has 0 aliphatic carbocycles. The molecule has 0 fully saturated rings. The number of hydrogen-bond donors (Lipinski definition) is 1. The van der Waals surface area contributed by atoms with Crippen LogP contribution in [0.2, 0.25) is 0 Å². The fourth-order valence-electron chi connectivity index (χ4n) is 3.61. The maximum Gasteiger partial charge on any atom is 0.237 e. The topological polar surface area (TPSA) is 86.9 Å². The van der Waals surface area contributed by atoms with Gasteiger partial charge in [0, 0.05) is 23.7 Å². The highest BCUT2D eigenvalue weighted by atomic mass is 32.1. The lowest BCUT2D eigenvalue weighted by Crippen LogP contribution is -2.41. The third kappa shape index (κ3) is 5.15. The van der Waals surface area contributed by atoms with Crippen LogP contribution < -0.4 is 24.8 Å². The number of hydrogen-bond acceptors (Lipinski definition) is 6. The molecule has 2 N–H and O–H groups in total. The molecule has 4 aromatic rings. The van der Waals surface area contributed by atoms with Gasteiger partial charge < -0.3 is 19.9 Å². The monoisotopic (exact) mass is 491 g/mol. The average Bonchev–Trinajstić information content (AvgIpc) is 2.85. The lowest BCUT2D eigenvalue weighted by Gasteiger charge is -2.21. The Balaban J connectivity index is 1.63. The Morgan fingerprint density at radius 1 is 0.971 bits per heavy atom. The first-order chi connectivity index (χ1) is 16.9. The zero-order valence-corrected chi connectivity index (χ0v) is 19.8. The van der Waals surface area contributed by atoms with Gasteiger partial charge in [-0.15, -0.1) is 0 Å². The van der Waals surface area contributed by atoms with Crippen LogP contribution in [0.3, 0.4) is 0 Å². The van der Waals surface area contributed by atoms with E-state index in [4.69, 9.17) is 32.2 Å². The van der Waals surface area contributed by atoms with Gasteiger partial charge in [-0.3, -0.25) is 14.7 Å². The Morgan fingerprint density at radius 3 is 2.34 bits per heavy atom. The summed E-state index contributed by atoms with van der Waals surface area (Å²) in [4.78, 5) is 18.3. The van der Waals surface area contributed by atoms with E-state index in [0.717, 1.165) is 16.5 Å². The van der Waals surface area contributed by atoms with E-state index in [-0.39, 0.29) is 28.9 Å². The number of ether oxygens (including phenoxy) is 3. The van der Waals surface area contributed by atoms with Crippen molar-refractivity contribution in [3.63, 3.8) is 0 Å². The van der Waals surface area contributed by atoms with E-state index in [9.17, 15) is 4.79 Å². The molecule has 3 aromatic carbocycles. The maximum absolute atomic E-state index is 15.1. The number of aromatic nitrogens is 1. The first-order valence-electron chi connectivity index (χ1n) is 10.6. The van der Waals surface area contributed by atoms with Crippen molar-refractivity contribution in [1.82, 2.24) is 4.98 Å². The second kappa shape index (κ2) is 10.4. The summed E-state index contributed by atoms with van der Waals surface area (Å²) < 4.78 is 31.6. The van der Waals surface area contributed by atoms with E-state index in [1.807, 2.05) is 30.3 Å². The van der Waals surface area contributed by atoms with Crippen molar-refractivity contribution in [3.8, 4) is 23.0 Å². The molecule has 0 unspecified atom stereocenters. The molecular formula is C26H22FN3O4S. The number of nitrogens with two attached hydrogens (primary N) is 1. The number of nitrogens with zero attached hydrogens (tertiary/aromatic N) is 2. The second-order valence-corrected chi connectivity index (χ2v) is 7.90. The number of rotatable bonds is 7. The van der Waals surface area contributed by atoms with Crippen molar-refractivity contribution in [1.29, 1.82) is 0 Å². The van der Waals surface area contributed by atoms with Crippen molar-refractivity contribution in [2.24, 2.45) is 5.73 Å². The molecular weight excluding hydrogens is 469 g/mol. The molecule has 0 spiro atoms. The summed E-state index contributed by atoms with van der Waals surface area (Å²) >= 11 is 5.07. The largest absolute Gasteiger partial charge is 0.493 e. The van der Waals surface area contributed by atoms with Crippen LogP contribution in [0, 0.1) is 5.82 Å². The molecule has 4 rings (SSSR count). The number of pyridine rings is 1. The molecule has 7 nitrogen and oxygen atoms in total. The smallest absolute Gasteiger partial charge is 0.237 e. The zero-order chi connectivity index (χ0) is 24.9. The summed E-state index contributed by atoms with van der Waals surface area (Å²) in [5, 5.41) is 0.427. The molecule has 0 saturated carbocycles. The van der Waals surface area contributed by atoms with Crippen LogP contribution in [0.15, 0.2) is 72.9 Å². The number of carbonyl (C=O) groups excluding carboxylic acids is 1. The van der Waals surface area contributed by atoms with E-state index >= 15 is 4.39 Å². The summed E-state index contributed by atoms with van der Waals surface area (Å²) in [7, 11) is 3.05. The Bertz CT molecular complexity index is 1400. The lowest BCUT2D eigenvalue weighted by molar-refractivity contribution is -0.117. The highest BCUT2D eigenvalue weighted by molar-refractivity contribution is 7.80. The van der Waals surface area contributed by atoms with E-state index in [1.54, 1.807) is 24.4 Å². The van der Waals surface area contributed by atoms with Gasteiger partial charge in [-0.1, -0.05) is 30.3 Å². The minimum absolute atomic E-state index is 0.0468. The quantitative estimate of drug-likeness (QED) is 0.364. The van der Waals surface area contributed by atoms with Gasteiger partial charge >= 0.3 is 0 Å². The second-order valence-electron chi connectivity index (χ2n) is 7.48. The third-order valence-corrected chi connectivity index (χ3v) is 5.45. The van der Waals surface area contributed by atoms with Crippen LogP contribution in [0.4, 0.5) is 10.1 Å². The van der Waals surface area contributed by atoms with Gasteiger partial charge in [0.25, 0.3) is 0 Å². The summed E-state index contributed by atoms with van der Waals surface area (Å²) in [6.45, 7) is 0. The van der Waals surface area contributed by atoms with Crippen LogP contribution in [0.25, 0.3) is 10.9 Å². The normalized spacial score (nSPS) is 10.6. The number of carbonyl (C=O) groups is 1. The average molecular weight is 492 g/mol. The zero-order valence-electron chi connectivity index (χ0n) is 19.0. The van der Waals surface area contributed by atoms with Gasteiger partial charge in [0.05, 0.1) is 31.8 Å². The van der Waals surface area contributed by atoms with Gasteiger partial charge in [0.2, 0.25) is 5.91 Å². The molecule has 178 valence electrons. The number of amides is 1. The minimum Gasteiger partial charge on any atom is -0.493 e. The predicted molar refractivity (Wildman–Crippen MR) is 136 cm³/mol. The molecule has 1 amide bonds. The van der Waals surface area contributed by atoms with Crippen LogP contribution in [-0.4, -0.2) is 30.2 Å². The van der Waals surface area contributed by atoms with E-state index in [2.05, 4.69) is 4.98 Å². The summed E-state index contributed by atoms with van der Waals surface area (Å²) in [5.74, 6) is 0.249. The predicted octanol–water partition coefficient (Wildman–Crippen LogP) is 5.00. The number of fused-ring (bicyclic) bond motifs is 1. The Morgan fingerprint density at radius 2 is 1.69 bits per heavy atom. The van der Waals surface area contributed by atoms with Gasteiger partial charge in [-0.2, -0.15) is 0 Å². The summed E-state index contributed by atoms with van der Waals surface area (Å²) in [5.41, 5.74) is 7.38. The van der Waals surface area contributed by atoms with Crippen molar-refractivity contribution in [3.05, 3.63) is 84.3 Å². The number of methoxy groups -OCH3 is 2. The van der Waals surface area contributed by atoms with Crippen molar-refractivity contribution >= 4 is 39.8 Å². The summed E-state index contributed by atoms with van der Waals surface area (Å²) in [6.07, 6.45) is 1.61. The maximum atomic E-state index is 15.1. The molecule has 35 heavy (non-hydrogen) atoms. The minimum atomic E-state index is -0.693. The molecule has 1 heterocycles. The lowest BCUT2D eigenvalue weighted by atomic mass is 10.1. The number of benzene rings is 3. The Hall–Kier alpha value is -4.24. The van der Waals surface area contributed by atoms with Gasteiger partial charge in [0.15, 0.2) is 28.2 Å². The number of thiocarbonyl (C=S) groups is 1. The van der Waals surface area contributed by atoms with Crippen LogP contribution in [-0.2, 0) is 11.2 Å². The molecule has 0 aliphatic heterocycles. The van der Waals surface area contributed by atoms with Crippen molar-refractivity contribution in [2.45, 2.75) is 6.42 Å². The standard InChI is InChI=1S/C26H22FN3O4S/c1-32-23-14-18-20(15-24(23)33-2)29-11-10-21(18)34-22-9-8-17(13-19(22)27)30(26(28)35)25(31)12-16-6-4-3-5-7-16/h3-11,13-15H,12H2,1-2H3,(H2,28,35). The molecule has 1 aromatic heterocycles. The molecule has 9 heteroatoms. The summed E-state index contributed by atoms with van der Waals surface area (Å²) in [6, 6.07) is 18.3. The van der Waals surface area contributed by atoms with Gasteiger partial charge in [-0.05, 0) is 42.0 Å². The fourth-order valence-corrected chi connectivity index (χ4v) is 3.82. The molecule has 0 saturated heterocycles. The highest BCUT2D eigenvalue weighted by Crippen LogP contribution is 2.37. The van der Waals surface area contributed by atoms with Crippen molar-refractivity contribution < 1.29 is 23.4 Å². The van der Waals surface area contributed by atoms with Crippen LogP contribution in [0.5, 0.6) is 23.0 Å². The Labute approximate surface area is 206 Å². The van der Waals surface area contributed by atoms with Gasteiger partial charge in [-0.25, -0.2) is 4.39 Å². The third-order valence-electron chi connectivity index (χ3n) is 5.27. The van der Waals surface area contributed by atoms with Gasteiger partial charge in [0.1, 0.15) is 5.75 Å². The fraction of sp³-hybridized carbons (Fsp3) is 0.115.